The van der Waals surface area contributed by atoms with Gasteiger partial charge in [0.2, 0.25) is 17.7 Å². The van der Waals surface area contributed by atoms with Gasteiger partial charge in [0.25, 0.3) is 0 Å². The summed E-state index contributed by atoms with van der Waals surface area (Å²) in [6.45, 7) is 1.58. The van der Waals surface area contributed by atoms with E-state index in [9.17, 15) is 14.4 Å². The van der Waals surface area contributed by atoms with Crippen LogP contribution in [-0.2, 0) is 21.4 Å². The molecule has 28 heavy (non-hydrogen) atoms. The number of nitrogens with zero attached hydrogens (tertiary/aromatic N) is 5. The van der Waals surface area contributed by atoms with Gasteiger partial charge in [0, 0.05) is 18.3 Å². The summed E-state index contributed by atoms with van der Waals surface area (Å²) >= 11 is 0. The molecule has 0 bridgehead atoms. The van der Waals surface area contributed by atoms with Crippen LogP contribution in [0.3, 0.4) is 0 Å². The number of aryl methyl sites for hydroxylation is 1. The average Bonchev–Trinajstić information content (AvgIpc) is 3.23. The van der Waals surface area contributed by atoms with E-state index in [0.717, 1.165) is 10.5 Å². The number of tetrazole rings is 1. The molecule has 1 N–H and O–H groups in total. The Morgan fingerprint density at radius 3 is 2.46 bits per heavy atom. The maximum Gasteiger partial charge on any atom is 0.247 e. The molecular weight excluding hydrogens is 360 g/mol. The minimum absolute atomic E-state index is 0.263. The normalized spacial score (nSPS) is 22.3. The molecule has 0 spiro atoms. The first-order valence-corrected chi connectivity index (χ1v) is 9.13. The zero-order valence-corrected chi connectivity index (χ0v) is 15.6. The van der Waals surface area contributed by atoms with E-state index in [0.29, 0.717) is 24.4 Å². The number of hydrogen-bond acceptors (Lipinski definition) is 6. The van der Waals surface area contributed by atoms with Crippen molar-refractivity contribution in [2.45, 2.75) is 25.8 Å². The Morgan fingerprint density at radius 2 is 1.86 bits per heavy atom. The fourth-order valence-electron chi connectivity index (χ4n) is 3.78. The van der Waals surface area contributed by atoms with Crippen LogP contribution < -0.4 is 5.32 Å². The largest absolute Gasteiger partial charge is 0.324 e. The number of amides is 3. The van der Waals surface area contributed by atoms with Gasteiger partial charge in [-0.1, -0.05) is 24.3 Å². The highest BCUT2D eigenvalue weighted by atomic mass is 16.2. The Morgan fingerprint density at radius 1 is 1.18 bits per heavy atom. The number of hydrogen-bond donors (Lipinski definition) is 1. The monoisotopic (exact) mass is 380 g/mol. The van der Waals surface area contributed by atoms with Crippen molar-refractivity contribution in [1.82, 2.24) is 25.1 Å². The number of carbonyl (C=O) groups is 3. The summed E-state index contributed by atoms with van der Waals surface area (Å²) in [6.07, 6.45) is 4.95. The summed E-state index contributed by atoms with van der Waals surface area (Å²) in [4.78, 5) is 39.2. The number of likely N-dealkylation sites (tertiary alicyclic amines) is 1. The Hall–Kier alpha value is -3.36. The maximum atomic E-state index is 12.7. The minimum atomic E-state index is -0.884. The van der Waals surface area contributed by atoms with Crippen LogP contribution in [0.25, 0.3) is 11.4 Å². The summed E-state index contributed by atoms with van der Waals surface area (Å²) < 4.78 is 1.53. The first kappa shape index (κ1) is 18.0. The molecule has 4 rings (SSSR count). The third kappa shape index (κ3) is 2.98. The molecule has 0 unspecified atom stereocenters. The first-order valence-electron chi connectivity index (χ1n) is 9.13. The predicted molar refractivity (Wildman–Crippen MR) is 99.5 cm³/mol. The van der Waals surface area contributed by atoms with E-state index in [2.05, 4.69) is 20.8 Å². The second kappa shape index (κ2) is 6.99. The number of fused-ring (bicyclic) bond motifs is 1. The smallest absolute Gasteiger partial charge is 0.247 e. The van der Waals surface area contributed by atoms with Gasteiger partial charge in [-0.2, -0.15) is 0 Å². The highest BCUT2D eigenvalue weighted by molar-refractivity contribution is 6.10. The predicted octanol–water partition coefficient (Wildman–Crippen LogP) is 1.16. The highest BCUT2D eigenvalue weighted by Gasteiger charge is 2.50. The van der Waals surface area contributed by atoms with Gasteiger partial charge in [-0.3, -0.25) is 19.3 Å². The third-order valence-corrected chi connectivity index (χ3v) is 5.32. The molecule has 0 saturated carbocycles. The molecule has 1 aliphatic carbocycles. The lowest BCUT2D eigenvalue weighted by Gasteiger charge is -2.22. The van der Waals surface area contributed by atoms with Crippen molar-refractivity contribution >= 4 is 23.4 Å². The Labute approximate surface area is 161 Å². The van der Waals surface area contributed by atoms with Crippen molar-refractivity contribution in [3.63, 3.8) is 0 Å². The Kier molecular flexibility index (Phi) is 4.50. The fraction of sp³-hybridized carbons (Fsp3) is 0.368. The molecule has 9 heteroatoms. The molecule has 1 aliphatic heterocycles. The molecule has 1 saturated heterocycles. The van der Waals surface area contributed by atoms with E-state index in [4.69, 9.17) is 0 Å². The number of carbonyl (C=O) groups excluding carboxylic acids is 3. The number of allylic oxidation sites excluding steroid dienone is 2. The quantitative estimate of drug-likeness (QED) is 0.629. The van der Waals surface area contributed by atoms with E-state index in [1.165, 1.54) is 4.68 Å². The molecule has 0 radical (unpaired) electrons. The number of imide groups is 1. The van der Waals surface area contributed by atoms with Gasteiger partial charge in [0.05, 0.1) is 11.8 Å². The van der Waals surface area contributed by atoms with Gasteiger partial charge in [0.1, 0.15) is 6.04 Å². The lowest BCUT2D eigenvalue weighted by molar-refractivity contribution is -0.146. The van der Waals surface area contributed by atoms with Crippen LogP contribution in [0.5, 0.6) is 0 Å². The lowest BCUT2D eigenvalue weighted by Crippen LogP contribution is -2.46. The van der Waals surface area contributed by atoms with Crippen molar-refractivity contribution in [3.8, 4) is 11.4 Å². The number of anilines is 1. The van der Waals surface area contributed by atoms with Crippen LogP contribution >= 0.6 is 0 Å². The summed E-state index contributed by atoms with van der Waals surface area (Å²) in [6, 6.07) is 6.20. The second-order valence-corrected chi connectivity index (χ2v) is 7.07. The molecule has 2 aromatic rings. The summed E-state index contributed by atoms with van der Waals surface area (Å²) in [5.41, 5.74) is 1.28. The zero-order chi connectivity index (χ0) is 19.8. The third-order valence-electron chi connectivity index (χ3n) is 5.32. The van der Waals surface area contributed by atoms with Crippen molar-refractivity contribution in [3.05, 3.63) is 36.4 Å². The molecule has 1 aromatic carbocycles. The number of benzene rings is 1. The van der Waals surface area contributed by atoms with Crippen LogP contribution in [0.15, 0.2) is 36.4 Å². The van der Waals surface area contributed by atoms with Gasteiger partial charge >= 0.3 is 0 Å². The number of aromatic nitrogens is 4. The van der Waals surface area contributed by atoms with Crippen molar-refractivity contribution in [2.75, 3.05) is 5.32 Å². The van der Waals surface area contributed by atoms with Gasteiger partial charge in [-0.05, 0) is 42.3 Å². The standard InChI is InChI=1S/C19H20N6O3/c1-11(25-18(27)14-8-3-4-9-15(14)19(25)28)17(26)20-13-7-5-6-12(10-13)16-21-22-23-24(16)2/h3-7,10-11,14-15H,8-9H2,1-2H3,(H,20,26)/t11-,14-,15+/m0/s1. The van der Waals surface area contributed by atoms with Crippen LogP contribution in [0.4, 0.5) is 5.69 Å². The Bertz CT molecular complexity index is 956. The summed E-state index contributed by atoms with van der Waals surface area (Å²) in [5, 5.41) is 14.1. The second-order valence-electron chi connectivity index (χ2n) is 7.07. The molecule has 3 atom stereocenters. The zero-order valence-electron chi connectivity index (χ0n) is 15.6. The van der Waals surface area contributed by atoms with E-state index in [1.807, 2.05) is 18.2 Å². The van der Waals surface area contributed by atoms with Crippen LogP contribution in [0.2, 0.25) is 0 Å². The highest BCUT2D eigenvalue weighted by Crippen LogP contribution is 2.36. The van der Waals surface area contributed by atoms with Crippen molar-refractivity contribution in [2.24, 2.45) is 18.9 Å². The Balaban J connectivity index is 1.50. The van der Waals surface area contributed by atoms with Gasteiger partial charge in [0.15, 0.2) is 5.82 Å². The SMILES string of the molecule is C[C@@H](C(=O)Nc1cccc(-c2nnnn2C)c1)N1C(=O)[C@H]2CC=CC[C@H]2C1=O. The van der Waals surface area contributed by atoms with Crippen LogP contribution in [0, 0.1) is 11.8 Å². The van der Waals surface area contributed by atoms with E-state index in [1.54, 1.807) is 32.2 Å². The summed E-state index contributed by atoms with van der Waals surface area (Å²) in [7, 11) is 1.72. The molecular formula is C19H20N6O3. The molecule has 2 heterocycles. The molecule has 3 amide bonds. The van der Waals surface area contributed by atoms with Gasteiger partial charge in [-0.15, -0.1) is 5.10 Å². The molecule has 1 aromatic heterocycles. The fourth-order valence-corrected chi connectivity index (χ4v) is 3.78. The maximum absolute atomic E-state index is 12.7. The lowest BCUT2D eigenvalue weighted by atomic mass is 9.85. The molecule has 1 fully saturated rings. The van der Waals surface area contributed by atoms with Crippen molar-refractivity contribution in [1.29, 1.82) is 0 Å². The van der Waals surface area contributed by atoms with E-state index < -0.39 is 11.9 Å². The van der Waals surface area contributed by atoms with Crippen molar-refractivity contribution < 1.29 is 14.4 Å². The number of rotatable bonds is 4. The first-order chi connectivity index (χ1) is 13.5. The average molecular weight is 380 g/mol. The number of nitrogens with one attached hydrogen (secondary N) is 1. The van der Waals surface area contributed by atoms with Gasteiger partial charge in [-0.25, -0.2) is 4.68 Å². The van der Waals surface area contributed by atoms with Crippen LogP contribution in [0.1, 0.15) is 19.8 Å². The summed E-state index contributed by atoms with van der Waals surface area (Å²) in [5.74, 6) is -1.08. The van der Waals surface area contributed by atoms with E-state index in [-0.39, 0.29) is 23.7 Å². The van der Waals surface area contributed by atoms with E-state index >= 15 is 0 Å². The molecule has 2 aliphatic rings. The molecule has 9 nitrogen and oxygen atoms in total. The van der Waals surface area contributed by atoms with Gasteiger partial charge < -0.3 is 5.32 Å². The topological polar surface area (TPSA) is 110 Å². The molecule has 144 valence electrons. The minimum Gasteiger partial charge on any atom is -0.324 e. The van der Waals surface area contributed by atoms with Crippen LogP contribution in [-0.4, -0.2) is 48.9 Å².